The summed E-state index contributed by atoms with van der Waals surface area (Å²) in [4.78, 5) is 12.5. The second kappa shape index (κ2) is 7.45. The van der Waals surface area contributed by atoms with E-state index in [4.69, 9.17) is 20.9 Å². The fourth-order valence-electron chi connectivity index (χ4n) is 3.98. The maximum Gasteiger partial charge on any atom is 0.165 e. The van der Waals surface area contributed by atoms with Gasteiger partial charge in [-0.2, -0.15) is 0 Å². The highest BCUT2D eigenvalue weighted by Gasteiger charge is 2.54. The Kier molecular flexibility index (Phi) is 4.70. The molecule has 0 saturated carbocycles. The average Bonchev–Trinajstić information content (AvgIpc) is 3.32. The fraction of sp³-hybridized carbons (Fsp3) is 0.227. The van der Waals surface area contributed by atoms with Crippen molar-refractivity contribution in [3.05, 3.63) is 61.6 Å². The number of aromatic nitrogens is 4. The number of nitrogens with zero attached hydrogens (tertiary/aromatic N) is 4. The summed E-state index contributed by atoms with van der Waals surface area (Å²) in [6.45, 7) is 3.65. The molecule has 6 N–H and O–H groups in total. The molecule has 1 fully saturated rings. The molecular weight excluding hydrogens is 412 g/mol. The number of aliphatic hydroxyl groups excluding tert-OH is 1. The average molecular weight is 434 g/mol. The molecule has 164 valence electrons. The Morgan fingerprint density at radius 1 is 1.22 bits per heavy atom. The molecule has 1 saturated heterocycles. The highest BCUT2D eigenvalue weighted by molar-refractivity contribution is 5.86. The summed E-state index contributed by atoms with van der Waals surface area (Å²) in [5, 5.41) is 23.6. The lowest BCUT2D eigenvalue weighted by Gasteiger charge is -2.27. The van der Waals surface area contributed by atoms with Gasteiger partial charge in [-0.05, 0) is 30.3 Å². The number of hydrogen-bond acceptors (Lipinski definition) is 9. The second-order valence-electron chi connectivity index (χ2n) is 7.67. The molecule has 0 amide bonds. The lowest BCUT2D eigenvalue weighted by Crippen LogP contribution is -2.48. The standard InChI is InChI=1S/C22H22N6O4/c1-2-22(30)16(10-31-13-5-3-12-4-6-17(23)27-15(12)9-13)32-21(18(22)29)28-8-7-14-19(24)25-11-26-20(14)28/h2-9,11,16,18,21,29-30H,1,10H2,(H2,23,27)(H2,24,25,26)/t16-,18+,21-,22-/m1/s1. The first-order chi connectivity index (χ1) is 15.4. The van der Waals surface area contributed by atoms with Gasteiger partial charge in [-0.25, -0.2) is 15.0 Å². The number of anilines is 2. The Bertz CT molecular complexity index is 1320. The van der Waals surface area contributed by atoms with Crippen molar-refractivity contribution in [3.63, 3.8) is 0 Å². The zero-order valence-electron chi connectivity index (χ0n) is 17.0. The first-order valence-electron chi connectivity index (χ1n) is 9.96. The van der Waals surface area contributed by atoms with E-state index in [2.05, 4.69) is 21.5 Å². The smallest absolute Gasteiger partial charge is 0.165 e. The molecule has 3 aromatic heterocycles. The number of benzene rings is 1. The number of nitrogens with two attached hydrogens (primary N) is 2. The maximum atomic E-state index is 11.1. The van der Waals surface area contributed by atoms with E-state index in [0.717, 1.165) is 5.39 Å². The van der Waals surface area contributed by atoms with Crippen molar-refractivity contribution in [2.45, 2.75) is 24.0 Å². The maximum absolute atomic E-state index is 11.1. The van der Waals surface area contributed by atoms with Gasteiger partial charge in [-0.3, -0.25) is 0 Å². The molecule has 10 heteroatoms. The van der Waals surface area contributed by atoms with Crippen molar-refractivity contribution in [1.29, 1.82) is 0 Å². The zero-order valence-corrected chi connectivity index (χ0v) is 17.0. The molecule has 0 spiro atoms. The van der Waals surface area contributed by atoms with Crippen LogP contribution in [-0.2, 0) is 4.74 Å². The first-order valence-corrected chi connectivity index (χ1v) is 9.96. The van der Waals surface area contributed by atoms with Crippen molar-refractivity contribution in [1.82, 2.24) is 19.5 Å². The molecule has 4 atom stereocenters. The third-order valence-corrected chi connectivity index (χ3v) is 5.79. The summed E-state index contributed by atoms with van der Waals surface area (Å²) in [6, 6.07) is 10.7. The van der Waals surface area contributed by atoms with Gasteiger partial charge in [0.15, 0.2) is 6.23 Å². The monoisotopic (exact) mass is 434 g/mol. The van der Waals surface area contributed by atoms with Crippen LogP contribution in [0, 0.1) is 0 Å². The van der Waals surface area contributed by atoms with E-state index in [9.17, 15) is 10.2 Å². The molecule has 1 aliphatic heterocycles. The zero-order chi connectivity index (χ0) is 22.5. The third kappa shape index (κ3) is 3.12. The Morgan fingerprint density at radius 3 is 2.84 bits per heavy atom. The van der Waals surface area contributed by atoms with Crippen LogP contribution in [0.15, 0.2) is 61.6 Å². The number of ether oxygens (including phenoxy) is 2. The van der Waals surface area contributed by atoms with Crippen molar-refractivity contribution in [2.75, 3.05) is 18.1 Å². The van der Waals surface area contributed by atoms with Gasteiger partial charge < -0.3 is 35.7 Å². The minimum atomic E-state index is -1.75. The van der Waals surface area contributed by atoms with Gasteiger partial charge in [0.1, 0.15) is 53.8 Å². The largest absolute Gasteiger partial charge is 0.491 e. The molecule has 5 rings (SSSR count). The van der Waals surface area contributed by atoms with E-state index < -0.39 is 24.0 Å². The molecular formula is C22H22N6O4. The lowest BCUT2D eigenvalue weighted by atomic mass is 9.92. The third-order valence-electron chi connectivity index (χ3n) is 5.79. The van der Waals surface area contributed by atoms with Crippen LogP contribution in [0.3, 0.4) is 0 Å². The number of fused-ring (bicyclic) bond motifs is 2. The summed E-state index contributed by atoms with van der Waals surface area (Å²) in [7, 11) is 0. The SMILES string of the molecule is C=C[C@@]1(O)[C@@H](COc2ccc3ccc(N)nc3c2)O[C@@H](n2ccc3c(N)ncnc32)[C@@H]1O. The van der Waals surface area contributed by atoms with Gasteiger partial charge in [0.25, 0.3) is 0 Å². The normalized spacial score (nSPS) is 25.4. The van der Waals surface area contributed by atoms with Crippen LogP contribution >= 0.6 is 0 Å². The van der Waals surface area contributed by atoms with Crippen LogP contribution in [0.25, 0.3) is 21.9 Å². The summed E-state index contributed by atoms with van der Waals surface area (Å²) in [5.41, 5.74) is 11.1. The quantitative estimate of drug-likeness (QED) is 0.341. The van der Waals surface area contributed by atoms with Crippen LogP contribution in [0.4, 0.5) is 11.6 Å². The van der Waals surface area contributed by atoms with E-state index in [1.165, 1.54) is 12.4 Å². The number of rotatable bonds is 5. The molecule has 4 aromatic rings. The predicted octanol–water partition coefficient (Wildman–Crippen LogP) is 1.40. The second-order valence-corrected chi connectivity index (χ2v) is 7.67. The molecule has 0 radical (unpaired) electrons. The molecule has 1 aromatic carbocycles. The molecule has 0 aliphatic carbocycles. The van der Waals surface area contributed by atoms with Crippen LogP contribution < -0.4 is 16.2 Å². The van der Waals surface area contributed by atoms with Gasteiger partial charge in [0, 0.05) is 17.6 Å². The van der Waals surface area contributed by atoms with E-state index in [0.29, 0.717) is 33.9 Å². The lowest BCUT2D eigenvalue weighted by molar-refractivity contribution is -0.0592. The first kappa shape index (κ1) is 20.2. The Morgan fingerprint density at radius 2 is 2.03 bits per heavy atom. The molecule has 0 unspecified atom stereocenters. The number of hydrogen-bond donors (Lipinski definition) is 4. The van der Waals surface area contributed by atoms with Crippen molar-refractivity contribution >= 4 is 33.6 Å². The van der Waals surface area contributed by atoms with Crippen LogP contribution in [-0.4, -0.2) is 54.1 Å². The minimum Gasteiger partial charge on any atom is -0.491 e. The van der Waals surface area contributed by atoms with Gasteiger partial charge in [-0.1, -0.05) is 6.08 Å². The summed E-state index contributed by atoms with van der Waals surface area (Å²) in [5.74, 6) is 1.24. The molecule has 0 bridgehead atoms. The highest BCUT2D eigenvalue weighted by Crippen LogP contribution is 2.40. The summed E-state index contributed by atoms with van der Waals surface area (Å²) >= 11 is 0. The predicted molar refractivity (Wildman–Crippen MR) is 119 cm³/mol. The summed E-state index contributed by atoms with van der Waals surface area (Å²) in [6.07, 6.45) is 1.12. The van der Waals surface area contributed by atoms with Gasteiger partial charge in [0.05, 0.1) is 10.9 Å². The van der Waals surface area contributed by atoms with Gasteiger partial charge >= 0.3 is 0 Å². The molecule has 4 heterocycles. The highest BCUT2D eigenvalue weighted by atomic mass is 16.6. The Balaban J connectivity index is 1.41. The van der Waals surface area contributed by atoms with E-state index in [1.807, 2.05) is 12.1 Å². The Labute approximate surface area is 182 Å². The van der Waals surface area contributed by atoms with Gasteiger partial charge in [-0.15, -0.1) is 6.58 Å². The van der Waals surface area contributed by atoms with E-state index in [1.54, 1.807) is 35.0 Å². The van der Waals surface area contributed by atoms with Crippen LogP contribution in [0.2, 0.25) is 0 Å². The van der Waals surface area contributed by atoms with Crippen LogP contribution in [0.1, 0.15) is 6.23 Å². The van der Waals surface area contributed by atoms with Crippen molar-refractivity contribution in [2.24, 2.45) is 0 Å². The van der Waals surface area contributed by atoms with Gasteiger partial charge in [0.2, 0.25) is 0 Å². The summed E-state index contributed by atoms with van der Waals surface area (Å²) < 4.78 is 13.5. The minimum absolute atomic E-state index is 0.0414. The fourth-order valence-corrected chi connectivity index (χ4v) is 3.98. The number of aliphatic hydroxyl groups is 2. The Hall–Kier alpha value is -3.73. The molecule has 1 aliphatic rings. The van der Waals surface area contributed by atoms with Crippen molar-refractivity contribution < 1.29 is 19.7 Å². The number of pyridine rings is 1. The number of nitrogen functional groups attached to an aromatic ring is 2. The van der Waals surface area contributed by atoms with Crippen LogP contribution in [0.5, 0.6) is 5.75 Å². The topological polar surface area (TPSA) is 155 Å². The van der Waals surface area contributed by atoms with Crippen molar-refractivity contribution in [3.8, 4) is 5.75 Å². The molecule has 10 nitrogen and oxygen atoms in total. The van der Waals surface area contributed by atoms with E-state index >= 15 is 0 Å². The molecule has 32 heavy (non-hydrogen) atoms. The van der Waals surface area contributed by atoms with E-state index in [-0.39, 0.29) is 6.61 Å².